The smallest absolute Gasteiger partial charge is 0.233 e. The molecule has 3 aromatic rings. The average Bonchev–Trinajstić information content (AvgIpc) is 3.41. The maximum Gasteiger partial charge on any atom is 0.233 e. The summed E-state index contributed by atoms with van der Waals surface area (Å²) in [6.07, 6.45) is 3.02. The Morgan fingerprint density at radius 1 is 1.31 bits per heavy atom. The van der Waals surface area contributed by atoms with Gasteiger partial charge < -0.3 is 10.0 Å². The van der Waals surface area contributed by atoms with Crippen molar-refractivity contribution in [2.24, 2.45) is 0 Å². The fraction of sp³-hybridized carbons (Fsp3) is 0.435. The number of halogens is 1. The number of rotatable bonds is 8. The normalized spacial score (nSPS) is 14.6. The molecule has 1 aliphatic rings. The van der Waals surface area contributed by atoms with Gasteiger partial charge in [0, 0.05) is 36.7 Å². The first-order valence-electron chi connectivity index (χ1n) is 10.6. The summed E-state index contributed by atoms with van der Waals surface area (Å²) in [6.45, 7) is 5.83. The third kappa shape index (κ3) is 5.22. The van der Waals surface area contributed by atoms with Crippen LogP contribution in [0.5, 0.6) is 0 Å². The number of amides is 1. The Kier molecular flexibility index (Phi) is 6.69. The second kappa shape index (κ2) is 9.33. The van der Waals surface area contributed by atoms with Gasteiger partial charge in [0.2, 0.25) is 5.91 Å². The first-order chi connectivity index (χ1) is 15.2. The first-order valence-corrected chi connectivity index (χ1v) is 12.2. The number of carbonyl (C=O) groups excluding carboxylic acids is 1. The highest BCUT2D eigenvalue weighted by molar-refractivity contribution is 7.99. The Balaban J connectivity index is 1.40. The van der Waals surface area contributed by atoms with Crippen LogP contribution in [0.15, 0.2) is 40.7 Å². The molecule has 4 rings (SSSR count). The van der Waals surface area contributed by atoms with E-state index < -0.39 is 11.6 Å². The largest absolute Gasteiger partial charge is 0.395 e. The number of hydrogen-bond donors (Lipinski definition) is 1. The van der Waals surface area contributed by atoms with Crippen molar-refractivity contribution in [2.45, 2.75) is 62.5 Å². The molecule has 0 saturated heterocycles. The Morgan fingerprint density at radius 3 is 2.72 bits per heavy atom. The van der Waals surface area contributed by atoms with Gasteiger partial charge in [0.25, 0.3) is 0 Å². The highest BCUT2D eigenvalue weighted by atomic mass is 32.2. The average molecular weight is 475 g/mol. The Morgan fingerprint density at radius 2 is 2.06 bits per heavy atom. The monoisotopic (exact) mass is 474 g/mol. The maximum absolute atomic E-state index is 13.8. The summed E-state index contributed by atoms with van der Waals surface area (Å²) in [5, 5.41) is 15.4. The second-order valence-electron chi connectivity index (χ2n) is 8.63. The summed E-state index contributed by atoms with van der Waals surface area (Å²) in [6, 6.07) is 9.37. The van der Waals surface area contributed by atoms with Gasteiger partial charge in [-0.2, -0.15) is 5.10 Å². The summed E-state index contributed by atoms with van der Waals surface area (Å²) in [5.41, 5.74) is 2.43. The van der Waals surface area contributed by atoms with E-state index in [0.717, 1.165) is 31.7 Å². The number of alkyl halides is 1. The van der Waals surface area contributed by atoms with Crippen LogP contribution in [0.25, 0.3) is 0 Å². The zero-order valence-corrected chi connectivity index (χ0v) is 20.0. The lowest BCUT2D eigenvalue weighted by molar-refractivity contribution is -0.134. The molecule has 9 heteroatoms. The predicted octanol–water partition coefficient (Wildman–Crippen LogP) is 4.50. The molecule has 1 unspecified atom stereocenters. The Labute approximate surface area is 195 Å². The van der Waals surface area contributed by atoms with Gasteiger partial charge in [0.1, 0.15) is 9.88 Å². The fourth-order valence-electron chi connectivity index (χ4n) is 3.68. The minimum atomic E-state index is -1.20. The molecule has 0 fully saturated rings. The summed E-state index contributed by atoms with van der Waals surface area (Å²) >= 11 is 3.07. The fourth-order valence-corrected chi connectivity index (χ4v) is 5.81. The number of fused-ring (bicyclic) bond motifs is 1. The molecule has 1 atom stereocenters. The quantitative estimate of drug-likeness (QED) is 0.520. The molecule has 1 amide bonds. The summed E-state index contributed by atoms with van der Waals surface area (Å²) < 4.78 is 16.6. The molecular weight excluding hydrogens is 447 g/mol. The minimum absolute atomic E-state index is 0.0883. The molecule has 0 radical (unpaired) electrons. The van der Waals surface area contributed by atoms with Crippen molar-refractivity contribution in [3.63, 3.8) is 0 Å². The van der Waals surface area contributed by atoms with Crippen LogP contribution in [0.1, 0.15) is 53.7 Å². The van der Waals surface area contributed by atoms with E-state index in [0.29, 0.717) is 25.9 Å². The van der Waals surface area contributed by atoms with E-state index in [1.807, 2.05) is 47.5 Å². The third-order valence-corrected chi connectivity index (χ3v) is 7.78. The molecule has 0 aliphatic carbocycles. The van der Waals surface area contributed by atoms with Crippen molar-refractivity contribution in [2.75, 3.05) is 6.61 Å². The first kappa shape index (κ1) is 22.9. The number of aryl methyl sites for hydroxylation is 2. The van der Waals surface area contributed by atoms with Gasteiger partial charge in [0.05, 0.1) is 35.5 Å². The van der Waals surface area contributed by atoms with Crippen molar-refractivity contribution in [1.82, 2.24) is 19.1 Å². The third-order valence-electron chi connectivity index (χ3n) is 5.46. The molecule has 0 spiro atoms. The zero-order chi connectivity index (χ0) is 22.9. The number of aliphatic hydroxyl groups is 1. The van der Waals surface area contributed by atoms with E-state index in [1.165, 1.54) is 11.9 Å². The van der Waals surface area contributed by atoms with Gasteiger partial charge in [0.15, 0.2) is 0 Å². The van der Waals surface area contributed by atoms with E-state index in [1.54, 1.807) is 30.1 Å². The van der Waals surface area contributed by atoms with Crippen LogP contribution < -0.4 is 0 Å². The van der Waals surface area contributed by atoms with Crippen LogP contribution in [-0.2, 0) is 24.3 Å². The molecule has 1 aliphatic heterocycles. The molecule has 0 saturated carbocycles. The predicted molar refractivity (Wildman–Crippen MR) is 124 cm³/mol. The highest BCUT2D eigenvalue weighted by Gasteiger charge is 2.31. The number of carbonyl (C=O) groups is 1. The molecular formula is C23H27FN4O2S2. The second-order valence-corrected chi connectivity index (χ2v) is 10.9. The molecule has 32 heavy (non-hydrogen) atoms. The lowest BCUT2D eigenvalue weighted by Gasteiger charge is -2.22. The number of thiazole rings is 1. The molecule has 3 heterocycles. The van der Waals surface area contributed by atoms with Crippen molar-refractivity contribution >= 4 is 29.2 Å². The van der Waals surface area contributed by atoms with Gasteiger partial charge in [-0.15, -0.1) is 11.3 Å². The van der Waals surface area contributed by atoms with Crippen molar-refractivity contribution in [3.8, 4) is 0 Å². The standard InChI is InChI=1S/C23H27FN4O2S2/c1-15-22(31-20(25-15)9-10-23(2,3)24)32-28-12-17-11-27(13-19(17)26-28)21(30)18(14-29)16-7-5-4-6-8-16/h4-8,12,18,29H,9-11,13-14H2,1-3H3. The zero-order valence-electron chi connectivity index (χ0n) is 18.4. The molecule has 0 bridgehead atoms. The van der Waals surface area contributed by atoms with Crippen LogP contribution in [0.3, 0.4) is 0 Å². The summed E-state index contributed by atoms with van der Waals surface area (Å²) in [5.74, 6) is -0.649. The summed E-state index contributed by atoms with van der Waals surface area (Å²) in [7, 11) is 0. The van der Waals surface area contributed by atoms with Gasteiger partial charge in [-0.1, -0.05) is 30.3 Å². The SMILES string of the molecule is Cc1nc(CCC(C)(C)F)sc1Sn1cc2c(n1)CN(C(=O)C(CO)c1ccccc1)C2. The Bertz CT molecular complexity index is 1070. The van der Waals surface area contributed by atoms with Crippen LogP contribution in [-0.4, -0.2) is 42.4 Å². The Hall–Kier alpha value is -2.23. The van der Waals surface area contributed by atoms with Crippen LogP contribution in [0.2, 0.25) is 0 Å². The van der Waals surface area contributed by atoms with Crippen LogP contribution in [0.4, 0.5) is 4.39 Å². The van der Waals surface area contributed by atoms with Gasteiger partial charge in [-0.3, -0.25) is 4.79 Å². The lowest BCUT2D eigenvalue weighted by Crippen LogP contribution is -2.32. The van der Waals surface area contributed by atoms with Crippen molar-refractivity contribution in [1.29, 1.82) is 0 Å². The highest BCUT2D eigenvalue weighted by Crippen LogP contribution is 2.34. The van der Waals surface area contributed by atoms with Crippen LogP contribution >= 0.6 is 23.3 Å². The number of aromatic nitrogens is 3. The van der Waals surface area contributed by atoms with Crippen molar-refractivity contribution < 1.29 is 14.3 Å². The number of hydrogen-bond acceptors (Lipinski definition) is 6. The topological polar surface area (TPSA) is 71.2 Å². The van der Waals surface area contributed by atoms with Crippen molar-refractivity contribution in [3.05, 3.63) is 64.1 Å². The number of nitrogens with zero attached hydrogens (tertiary/aromatic N) is 4. The van der Waals surface area contributed by atoms with Crippen LogP contribution in [0, 0.1) is 6.92 Å². The van der Waals surface area contributed by atoms with E-state index in [2.05, 4.69) is 10.1 Å². The molecule has 170 valence electrons. The molecule has 1 aromatic carbocycles. The van der Waals surface area contributed by atoms with E-state index >= 15 is 0 Å². The molecule has 6 nitrogen and oxygen atoms in total. The van der Waals surface area contributed by atoms with Gasteiger partial charge in [-0.05, 0) is 32.8 Å². The minimum Gasteiger partial charge on any atom is -0.395 e. The van der Waals surface area contributed by atoms with E-state index in [9.17, 15) is 14.3 Å². The summed E-state index contributed by atoms with van der Waals surface area (Å²) in [4.78, 5) is 19.3. The number of benzene rings is 1. The van der Waals surface area contributed by atoms with E-state index in [4.69, 9.17) is 0 Å². The number of aliphatic hydroxyl groups excluding tert-OH is 1. The lowest BCUT2D eigenvalue weighted by atomic mass is 9.98. The maximum atomic E-state index is 13.8. The molecule has 2 aromatic heterocycles. The van der Waals surface area contributed by atoms with Gasteiger partial charge in [-0.25, -0.2) is 13.5 Å². The van der Waals surface area contributed by atoms with Gasteiger partial charge >= 0.3 is 0 Å². The molecule has 1 N–H and O–H groups in total. The van der Waals surface area contributed by atoms with E-state index in [-0.39, 0.29) is 12.5 Å².